The van der Waals surface area contributed by atoms with Gasteiger partial charge in [0, 0.05) is 18.2 Å². The Balaban J connectivity index is 1.83. The first-order valence-electron chi connectivity index (χ1n) is 9.34. The van der Waals surface area contributed by atoms with Crippen LogP contribution in [0.2, 0.25) is 0 Å². The Morgan fingerprint density at radius 1 is 1.38 bits per heavy atom. The maximum Gasteiger partial charge on any atom is 0.256 e. The minimum Gasteiger partial charge on any atom is -0.480 e. The van der Waals surface area contributed by atoms with Crippen LogP contribution in [0.15, 0.2) is 36.7 Å². The Labute approximate surface area is 166 Å². The Kier molecular flexibility index (Phi) is 4.87. The quantitative estimate of drug-likeness (QED) is 0.690. The molecule has 4 rings (SSSR count). The normalized spacial score (nSPS) is 19.2. The molecule has 29 heavy (non-hydrogen) atoms. The molecule has 3 heterocycles. The van der Waals surface area contributed by atoms with Crippen LogP contribution in [0.3, 0.4) is 0 Å². The number of benzene rings is 1. The largest absolute Gasteiger partial charge is 0.480 e. The van der Waals surface area contributed by atoms with E-state index in [0.29, 0.717) is 22.8 Å². The van der Waals surface area contributed by atoms with Gasteiger partial charge in [0.25, 0.3) is 5.91 Å². The molecule has 1 amide bonds. The van der Waals surface area contributed by atoms with Gasteiger partial charge in [0.15, 0.2) is 17.5 Å². The molecule has 1 aromatic carbocycles. The van der Waals surface area contributed by atoms with Gasteiger partial charge in [0.1, 0.15) is 22.9 Å². The molecule has 0 aliphatic carbocycles. The number of ether oxygens (including phenoxy) is 1. The molecule has 0 unspecified atom stereocenters. The van der Waals surface area contributed by atoms with Crippen molar-refractivity contribution >= 4 is 23.2 Å². The van der Waals surface area contributed by atoms with Gasteiger partial charge in [-0.3, -0.25) is 9.59 Å². The van der Waals surface area contributed by atoms with Crippen molar-refractivity contribution in [2.24, 2.45) is 0 Å². The van der Waals surface area contributed by atoms with Crippen molar-refractivity contribution in [2.75, 3.05) is 11.9 Å². The highest BCUT2D eigenvalue weighted by atomic mass is 19.1. The fourth-order valence-electron chi connectivity index (χ4n) is 3.26. The number of fused-ring (bicyclic) bond motifs is 2. The lowest BCUT2D eigenvalue weighted by molar-refractivity contribution is -0.125. The number of rotatable bonds is 2. The first-order chi connectivity index (χ1) is 14.0. The van der Waals surface area contributed by atoms with E-state index in [1.807, 2.05) is 6.92 Å². The maximum atomic E-state index is 13.9. The van der Waals surface area contributed by atoms with E-state index in [4.69, 9.17) is 4.74 Å². The molecule has 1 aliphatic rings. The lowest BCUT2D eigenvalue weighted by Crippen LogP contribution is -2.40. The van der Waals surface area contributed by atoms with E-state index in [0.717, 1.165) is 0 Å². The highest BCUT2D eigenvalue weighted by Crippen LogP contribution is 2.30. The molecule has 2 bridgehead atoms. The zero-order valence-corrected chi connectivity index (χ0v) is 16.0. The number of aromatic nitrogens is 3. The molecule has 2 N–H and O–H groups in total. The summed E-state index contributed by atoms with van der Waals surface area (Å²) in [6.07, 6.45) is 2.45. The fraction of sp³-hybridized carbons (Fsp3) is 0.300. The number of amides is 1. The van der Waals surface area contributed by atoms with Gasteiger partial charge < -0.3 is 15.4 Å². The summed E-state index contributed by atoms with van der Waals surface area (Å²) in [6.45, 7) is 3.53. The number of nitrogens with one attached hydrogen (secondary N) is 2. The van der Waals surface area contributed by atoms with Gasteiger partial charge >= 0.3 is 0 Å². The summed E-state index contributed by atoms with van der Waals surface area (Å²) in [5, 5.41) is 10.1. The summed E-state index contributed by atoms with van der Waals surface area (Å²) in [5.74, 6) is -0.131. The summed E-state index contributed by atoms with van der Waals surface area (Å²) >= 11 is 0. The molecule has 9 heteroatoms. The van der Waals surface area contributed by atoms with Gasteiger partial charge in [0.05, 0.1) is 18.8 Å². The Bertz CT molecular complexity index is 1100. The molecule has 2 atom stereocenters. The fourth-order valence-corrected chi connectivity index (χ4v) is 3.26. The molecule has 0 radical (unpaired) electrons. The van der Waals surface area contributed by atoms with E-state index in [1.54, 1.807) is 19.2 Å². The molecule has 8 nitrogen and oxygen atoms in total. The minimum atomic E-state index is -0.900. The van der Waals surface area contributed by atoms with Crippen molar-refractivity contribution in [2.45, 2.75) is 32.4 Å². The zero-order valence-electron chi connectivity index (χ0n) is 16.0. The Hall–Kier alpha value is -3.49. The van der Waals surface area contributed by atoms with Crippen molar-refractivity contribution in [3.63, 3.8) is 0 Å². The van der Waals surface area contributed by atoms with E-state index >= 15 is 0 Å². The molecule has 2 aromatic heterocycles. The number of hydrogen-bond donors (Lipinski definition) is 2. The van der Waals surface area contributed by atoms with Crippen LogP contribution < -0.4 is 15.4 Å². The summed E-state index contributed by atoms with van der Waals surface area (Å²) in [5.41, 5.74) is 1.20. The molecule has 3 aromatic rings. The van der Waals surface area contributed by atoms with Gasteiger partial charge in [-0.05, 0) is 31.2 Å². The summed E-state index contributed by atoms with van der Waals surface area (Å²) in [4.78, 5) is 29.6. The Morgan fingerprint density at radius 3 is 3.00 bits per heavy atom. The summed E-state index contributed by atoms with van der Waals surface area (Å²) < 4.78 is 21.4. The van der Waals surface area contributed by atoms with Crippen LogP contribution in [-0.4, -0.2) is 38.9 Å². The first-order valence-corrected chi connectivity index (χ1v) is 9.34. The predicted octanol–water partition coefficient (Wildman–Crippen LogP) is 2.51. The van der Waals surface area contributed by atoms with E-state index in [9.17, 15) is 14.0 Å². The van der Waals surface area contributed by atoms with Crippen molar-refractivity contribution < 1.29 is 18.7 Å². The average molecular weight is 397 g/mol. The predicted molar refractivity (Wildman–Crippen MR) is 103 cm³/mol. The van der Waals surface area contributed by atoms with Crippen molar-refractivity contribution in [1.82, 2.24) is 19.9 Å². The third kappa shape index (κ3) is 3.63. The van der Waals surface area contributed by atoms with Crippen LogP contribution in [0.25, 0.3) is 5.65 Å². The van der Waals surface area contributed by atoms with Crippen LogP contribution in [0.5, 0.6) is 5.75 Å². The number of carbonyl (C=O) groups is 2. The number of nitrogens with zero attached hydrogens (tertiary/aromatic N) is 3. The smallest absolute Gasteiger partial charge is 0.256 e. The zero-order chi connectivity index (χ0) is 20.5. The number of Topliss-reactive ketones (excluding diaryl/α,β-unsaturated/α-hetero) is 1. The molecule has 0 saturated carbocycles. The number of halogens is 1. The second-order valence-electron chi connectivity index (χ2n) is 6.82. The second-order valence-corrected chi connectivity index (χ2v) is 6.82. The standard InChI is InChI=1S/C20H20FN5O3/c1-3-15(27)17-10-22-20(28)14-9-23-26-7-6-18(25-19(14)26)24-11(2)13-8-12(21)4-5-16(13)29-17/h4-9,11,17H,3,10H2,1-2H3,(H,22,28)(H,24,25)/t11-,17+/m1/s1. The SMILES string of the molecule is CCC(=O)[C@@H]1CNC(=O)c2cnn3ccc(nc23)N[C@H](C)c2cc(F)ccc2O1. The molecule has 0 fully saturated rings. The van der Waals surface area contributed by atoms with E-state index in [2.05, 4.69) is 20.7 Å². The topological polar surface area (TPSA) is 97.6 Å². The average Bonchev–Trinajstić information content (AvgIpc) is 3.14. The van der Waals surface area contributed by atoms with Gasteiger partial charge in [-0.1, -0.05) is 6.92 Å². The third-order valence-corrected chi connectivity index (χ3v) is 4.84. The monoisotopic (exact) mass is 397 g/mol. The van der Waals surface area contributed by atoms with Gasteiger partial charge in [0.2, 0.25) is 0 Å². The summed E-state index contributed by atoms with van der Waals surface area (Å²) in [7, 11) is 0. The number of carbonyl (C=O) groups excluding carboxylic acids is 2. The van der Waals surface area contributed by atoms with Crippen LogP contribution in [0.4, 0.5) is 10.2 Å². The van der Waals surface area contributed by atoms with E-state index in [1.165, 1.54) is 28.9 Å². The van der Waals surface area contributed by atoms with Gasteiger partial charge in [-0.15, -0.1) is 0 Å². The second kappa shape index (κ2) is 7.50. The molecular formula is C20H20FN5O3. The van der Waals surface area contributed by atoms with Gasteiger partial charge in [-0.25, -0.2) is 13.9 Å². The van der Waals surface area contributed by atoms with E-state index < -0.39 is 17.8 Å². The van der Waals surface area contributed by atoms with Crippen LogP contribution in [0.1, 0.15) is 42.2 Å². The highest BCUT2D eigenvalue weighted by molar-refractivity contribution is 6.00. The molecular weight excluding hydrogens is 377 g/mol. The lowest BCUT2D eigenvalue weighted by Gasteiger charge is -2.23. The highest BCUT2D eigenvalue weighted by Gasteiger charge is 2.25. The minimum absolute atomic E-state index is 0.0266. The van der Waals surface area contributed by atoms with Crippen LogP contribution >= 0.6 is 0 Å². The summed E-state index contributed by atoms with van der Waals surface area (Å²) in [6, 6.07) is 5.47. The van der Waals surface area contributed by atoms with Gasteiger partial charge in [-0.2, -0.15) is 5.10 Å². The van der Waals surface area contributed by atoms with Crippen LogP contribution in [0, 0.1) is 5.82 Å². The number of anilines is 1. The van der Waals surface area contributed by atoms with Crippen molar-refractivity contribution in [3.8, 4) is 5.75 Å². The van der Waals surface area contributed by atoms with Crippen LogP contribution in [-0.2, 0) is 4.79 Å². The first kappa shape index (κ1) is 18.9. The lowest BCUT2D eigenvalue weighted by atomic mass is 10.1. The maximum absolute atomic E-state index is 13.9. The van der Waals surface area contributed by atoms with Crippen molar-refractivity contribution in [1.29, 1.82) is 0 Å². The molecule has 1 aliphatic heterocycles. The Morgan fingerprint density at radius 2 is 2.21 bits per heavy atom. The third-order valence-electron chi connectivity index (χ3n) is 4.84. The number of hydrogen-bond acceptors (Lipinski definition) is 6. The molecule has 150 valence electrons. The number of ketones is 1. The van der Waals surface area contributed by atoms with Crippen molar-refractivity contribution in [3.05, 3.63) is 53.6 Å². The molecule has 0 saturated heterocycles. The van der Waals surface area contributed by atoms with E-state index in [-0.39, 0.29) is 30.4 Å². The molecule has 0 spiro atoms.